The summed E-state index contributed by atoms with van der Waals surface area (Å²) in [7, 11) is 0. The number of halogens is 1. The largest absolute Gasteiger partial charge is 0.378 e. The van der Waals surface area contributed by atoms with Crippen molar-refractivity contribution in [2.75, 3.05) is 26.2 Å². The van der Waals surface area contributed by atoms with Crippen molar-refractivity contribution < 1.29 is 14.3 Å². The summed E-state index contributed by atoms with van der Waals surface area (Å²) in [5, 5.41) is 10.4. The molecule has 0 spiro atoms. The van der Waals surface area contributed by atoms with Gasteiger partial charge in [-0.05, 0) is 48.1 Å². The van der Waals surface area contributed by atoms with E-state index in [-0.39, 0.29) is 5.91 Å². The van der Waals surface area contributed by atoms with E-state index in [4.69, 9.17) is 0 Å². The minimum atomic E-state index is -1.30. The molecule has 4 nitrogen and oxygen atoms in total. The molecule has 0 radical (unpaired) electrons. The Balaban J connectivity index is 1.38. The van der Waals surface area contributed by atoms with E-state index in [0.717, 1.165) is 32.4 Å². The third-order valence-electron chi connectivity index (χ3n) is 5.79. The Labute approximate surface area is 159 Å². The van der Waals surface area contributed by atoms with E-state index >= 15 is 0 Å². The topological polar surface area (TPSA) is 43.8 Å². The van der Waals surface area contributed by atoms with Gasteiger partial charge in [0.1, 0.15) is 5.82 Å². The summed E-state index contributed by atoms with van der Waals surface area (Å²) in [4.78, 5) is 16.9. The number of fused-ring (bicyclic) bond motifs is 1. The number of hydrogen-bond acceptors (Lipinski definition) is 3. The molecule has 4 rings (SSSR count). The van der Waals surface area contributed by atoms with E-state index < -0.39 is 11.9 Å². The maximum absolute atomic E-state index is 13.4. The van der Waals surface area contributed by atoms with Crippen molar-refractivity contribution in [3.05, 3.63) is 71.0 Å². The van der Waals surface area contributed by atoms with E-state index in [1.54, 1.807) is 11.0 Å². The lowest BCUT2D eigenvalue weighted by Gasteiger charge is -2.28. The molecule has 5 heteroatoms. The molecule has 0 bridgehead atoms. The average Bonchev–Trinajstić information content (AvgIpc) is 2.96. The number of benzene rings is 2. The van der Waals surface area contributed by atoms with Crippen LogP contribution in [-0.2, 0) is 17.6 Å². The fourth-order valence-electron chi connectivity index (χ4n) is 4.31. The normalized spacial score (nSPS) is 19.6. The molecular weight excluding hydrogens is 343 g/mol. The fourth-order valence-corrected chi connectivity index (χ4v) is 4.31. The first-order chi connectivity index (χ1) is 13.1. The molecule has 1 N–H and O–H groups in total. The highest BCUT2D eigenvalue weighted by Crippen LogP contribution is 2.26. The van der Waals surface area contributed by atoms with Crippen molar-refractivity contribution in [2.24, 2.45) is 0 Å². The third kappa shape index (κ3) is 3.89. The zero-order valence-corrected chi connectivity index (χ0v) is 15.4. The molecule has 0 aromatic heterocycles. The summed E-state index contributed by atoms with van der Waals surface area (Å²) in [5.41, 5.74) is 3.18. The predicted molar refractivity (Wildman–Crippen MR) is 102 cm³/mol. The Morgan fingerprint density at radius 1 is 1.00 bits per heavy atom. The Bertz CT molecular complexity index is 800. The van der Waals surface area contributed by atoms with Crippen molar-refractivity contribution in [3.8, 4) is 0 Å². The van der Waals surface area contributed by atoms with Crippen LogP contribution in [0.15, 0.2) is 48.5 Å². The molecule has 27 heavy (non-hydrogen) atoms. The maximum Gasteiger partial charge on any atom is 0.256 e. The molecule has 0 saturated carbocycles. The van der Waals surface area contributed by atoms with Gasteiger partial charge in [-0.2, -0.15) is 0 Å². The Morgan fingerprint density at radius 2 is 1.74 bits per heavy atom. The van der Waals surface area contributed by atoms with Gasteiger partial charge in [-0.15, -0.1) is 0 Å². The van der Waals surface area contributed by atoms with Gasteiger partial charge in [0.15, 0.2) is 6.10 Å². The van der Waals surface area contributed by atoms with Crippen LogP contribution in [0.25, 0.3) is 0 Å². The van der Waals surface area contributed by atoms with Crippen molar-refractivity contribution in [2.45, 2.75) is 31.4 Å². The van der Waals surface area contributed by atoms with Crippen molar-refractivity contribution in [1.82, 2.24) is 9.80 Å². The SMILES string of the molecule is O=C([C@H](O)c1cccc(F)c1)N1CCCN(C2Cc3ccccc3C2)CC1. The summed E-state index contributed by atoms with van der Waals surface area (Å²) in [6, 6.07) is 14.7. The second-order valence-corrected chi connectivity index (χ2v) is 7.50. The minimum Gasteiger partial charge on any atom is -0.378 e. The Kier molecular flexibility index (Phi) is 5.23. The van der Waals surface area contributed by atoms with Crippen LogP contribution in [0.4, 0.5) is 4.39 Å². The van der Waals surface area contributed by atoms with Crippen molar-refractivity contribution in [3.63, 3.8) is 0 Å². The Morgan fingerprint density at radius 3 is 2.44 bits per heavy atom. The quantitative estimate of drug-likeness (QED) is 0.906. The molecule has 1 heterocycles. The molecule has 1 aliphatic carbocycles. The lowest BCUT2D eigenvalue weighted by atomic mass is 10.1. The smallest absolute Gasteiger partial charge is 0.256 e. The highest BCUT2D eigenvalue weighted by atomic mass is 19.1. The average molecular weight is 368 g/mol. The van der Waals surface area contributed by atoms with E-state index in [1.165, 1.54) is 29.3 Å². The van der Waals surface area contributed by atoms with Gasteiger partial charge in [-0.1, -0.05) is 36.4 Å². The second-order valence-electron chi connectivity index (χ2n) is 7.50. The molecule has 0 unspecified atom stereocenters. The summed E-state index contributed by atoms with van der Waals surface area (Å²) < 4.78 is 13.4. The first-order valence-corrected chi connectivity index (χ1v) is 9.65. The zero-order chi connectivity index (χ0) is 18.8. The summed E-state index contributed by atoms with van der Waals surface area (Å²) in [6.07, 6.45) is 1.71. The number of nitrogens with zero attached hydrogens (tertiary/aromatic N) is 2. The van der Waals surface area contributed by atoms with E-state index in [0.29, 0.717) is 24.7 Å². The van der Waals surface area contributed by atoms with E-state index in [2.05, 4.69) is 29.2 Å². The minimum absolute atomic E-state index is 0.312. The molecular formula is C22H25FN2O2. The van der Waals surface area contributed by atoms with Crippen molar-refractivity contribution in [1.29, 1.82) is 0 Å². The standard InChI is InChI=1S/C22H25FN2O2/c23-19-8-3-7-18(13-19)21(26)22(27)25-10-4-9-24(11-12-25)20-14-16-5-1-2-6-17(16)15-20/h1-3,5-8,13,20-21,26H,4,9-12,14-15H2/t21-/m1/s1. The molecule has 1 aliphatic heterocycles. The molecule has 2 aromatic carbocycles. The van der Waals surface area contributed by atoms with Gasteiger partial charge < -0.3 is 10.0 Å². The van der Waals surface area contributed by atoms with Gasteiger partial charge in [0, 0.05) is 32.2 Å². The fraction of sp³-hybridized carbons (Fsp3) is 0.409. The highest BCUT2D eigenvalue weighted by molar-refractivity contribution is 5.82. The lowest BCUT2D eigenvalue weighted by molar-refractivity contribution is -0.140. The van der Waals surface area contributed by atoms with Crippen LogP contribution in [0.3, 0.4) is 0 Å². The number of carbonyl (C=O) groups excluding carboxylic acids is 1. The van der Waals surface area contributed by atoms with E-state index in [9.17, 15) is 14.3 Å². The molecule has 142 valence electrons. The number of rotatable bonds is 3. The van der Waals surface area contributed by atoms with Gasteiger partial charge in [0.05, 0.1) is 0 Å². The van der Waals surface area contributed by atoms with Crippen LogP contribution >= 0.6 is 0 Å². The van der Waals surface area contributed by atoms with Crippen LogP contribution in [0, 0.1) is 5.82 Å². The molecule has 2 aromatic rings. The first kappa shape index (κ1) is 18.1. The Hall–Kier alpha value is -2.24. The number of hydrogen-bond donors (Lipinski definition) is 1. The van der Waals surface area contributed by atoms with Crippen LogP contribution < -0.4 is 0 Å². The monoisotopic (exact) mass is 368 g/mol. The second kappa shape index (κ2) is 7.79. The van der Waals surface area contributed by atoms with Gasteiger partial charge in [0.25, 0.3) is 5.91 Å². The maximum atomic E-state index is 13.4. The molecule has 1 fully saturated rings. The number of aliphatic hydroxyl groups is 1. The number of amides is 1. The van der Waals surface area contributed by atoms with Gasteiger partial charge >= 0.3 is 0 Å². The summed E-state index contributed by atoms with van der Waals surface area (Å²) >= 11 is 0. The van der Waals surface area contributed by atoms with E-state index in [1.807, 2.05) is 0 Å². The summed E-state index contributed by atoms with van der Waals surface area (Å²) in [5.74, 6) is -0.778. The first-order valence-electron chi connectivity index (χ1n) is 9.65. The predicted octanol–water partition coefficient (Wildman–Crippen LogP) is 2.56. The summed E-state index contributed by atoms with van der Waals surface area (Å²) in [6.45, 7) is 2.98. The lowest BCUT2D eigenvalue weighted by Crippen LogP contribution is -2.41. The molecule has 2 aliphatic rings. The van der Waals surface area contributed by atoms with Gasteiger partial charge in [-0.3, -0.25) is 9.69 Å². The van der Waals surface area contributed by atoms with Gasteiger partial charge in [-0.25, -0.2) is 4.39 Å². The van der Waals surface area contributed by atoms with Crippen LogP contribution in [-0.4, -0.2) is 53.0 Å². The zero-order valence-electron chi connectivity index (χ0n) is 15.4. The van der Waals surface area contributed by atoms with Crippen LogP contribution in [0.5, 0.6) is 0 Å². The van der Waals surface area contributed by atoms with Crippen LogP contribution in [0.2, 0.25) is 0 Å². The highest BCUT2D eigenvalue weighted by Gasteiger charge is 2.30. The third-order valence-corrected chi connectivity index (χ3v) is 5.79. The number of carbonyl (C=O) groups is 1. The van der Waals surface area contributed by atoms with Crippen molar-refractivity contribution >= 4 is 5.91 Å². The molecule has 1 atom stereocenters. The van der Waals surface area contributed by atoms with Crippen LogP contribution in [0.1, 0.15) is 29.2 Å². The molecule has 1 saturated heterocycles. The number of aliphatic hydroxyl groups excluding tert-OH is 1. The molecule has 1 amide bonds. The van der Waals surface area contributed by atoms with Gasteiger partial charge in [0.2, 0.25) is 0 Å².